The molecule has 0 amide bonds. The maximum Gasteiger partial charge on any atom is 0.159 e. The lowest BCUT2D eigenvalue weighted by molar-refractivity contribution is 0.226. The van der Waals surface area contributed by atoms with Gasteiger partial charge in [0.05, 0.1) is 23.1 Å². The van der Waals surface area contributed by atoms with Gasteiger partial charge in [0.25, 0.3) is 0 Å². The van der Waals surface area contributed by atoms with E-state index in [4.69, 9.17) is 33.7 Å². The first-order valence-corrected chi connectivity index (χ1v) is 8.19. The van der Waals surface area contributed by atoms with E-state index < -0.39 is 11.9 Å². The van der Waals surface area contributed by atoms with Gasteiger partial charge in [-0.05, 0) is 31.2 Å². The fourth-order valence-electron chi connectivity index (χ4n) is 2.37. The number of rotatable bonds is 4. The van der Waals surface area contributed by atoms with Crippen LogP contribution in [-0.4, -0.2) is 9.97 Å². The molecule has 2 N–H and O–H groups in total. The Morgan fingerprint density at radius 1 is 1.12 bits per heavy atom. The third-order valence-electron chi connectivity index (χ3n) is 3.56. The van der Waals surface area contributed by atoms with Crippen LogP contribution in [0.4, 0.5) is 10.1 Å². The fourth-order valence-corrected chi connectivity index (χ4v) is 3.05. The van der Waals surface area contributed by atoms with Crippen molar-refractivity contribution in [3.05, 3.63) is 70.2 Å². The van der Waals surface area contributed by atoms with Crippen LogP contribution in [0.1, 0.15) is 18.6 Å². The number of nitrogens with two attached hydrogens (primary N) is 1. The highest BCUT2D eigenvalue weighted by Gasteiger charge is 2.18. The molecule has 0 fully saturated rings. The van der Waals surface area contributed by atoms with E-state index in [0.717, 1.165) is 5.56 Å². The summed E-state index contributed by atoms with van der Waals surface area (Å²) >= 11 is 12.2. The molecule has 1 aromatic heterocycles. The van der Waals surface area contributed by atoms with Crippen LogP contribution >= 0.6 is 23.2 Å². The molecule has 128 valence electrons. The highest BCUT2D eigenvalue weighted by Crippen LogP contribution is 2.35. The Morgan fingerprint density at radius 2 is 1.84 bits per heavy atom. The van der Waals surface area contributed by atoms with Crippen LogP contribution in [0.3, 0.4) is 0 Å². The molecule has 1 heterocycles. The zero-order chi connectivity index (χ0) is 18.0. The second kappa shape index (κ2) is 7.25. The summed E-state index contributed by atoms with van der Waals surface area (Å²) in [6.45, 7) is 1.75. The smallest absolute Gasteiger partial charge is 0.159 e. The Labute approximate surface area is 154 Å². The lowest BCUT2D eigenvalue weighted by Crippen LogP contribution is -2.06. The minimum Gasteiger partial charge on any atom is -0.486 e. The summed E-state index contributed by atoms with van der Waals surface area (Å²) < 4.78 is 19.6. The molecule has 7 heteroatoms. The maximum absolute atomic E-state index is 13.7. The van der Waals surface area contributed by atoms with Gasteiger partial charge in [-0.25, -0.2) is 14.4 Å². The molecule has 0 radical (unpaired) electrons. The van der Waals surface area contributed by atoms with E-state index in [-0.39, 0.29) is 5.02 Å². The molecule has 0 aliphatic rings. The Morgan fingerprint density at radius 3 is 2.56 bits per heavy atom. The molecule has 2 aromatic carbocycles. The quantitative estimate of drug-likeness (QED) is 0.625. The Bertz CT molecular complexity index is 903. The van der Waals surface area contributed by atoms with Crippen LogP contribution in [0.5, 0.6) is 5.75 Å². The highest BCUT2D eigenvalue weighted by atomic mass is 35.5. The van der Waals surface area contributed by atoms with Crippen molar-refractivity contribution in [1.82, 2.24) is 9.97 Å². The van der Waals surface area contributed by atoms with Crippen molar-refractivity contribution >= 4 is 28.9 Å². The molecule has 1 atom stereocenters. The predicted molar refractivity (Wildman–Crippen MR) is 97.3 cm³/mol. The number of hydrogen-bond donors (Lipinski definition) is 1. The zero-order valence-corrected chi connectivity index (χ0v) is 14.7. The van der Waals surface area contributed by atoms with E-state index in [1.54, 1.807) is 19.1 Å². The number of nitrogens with zero attached hydrogens (tertiary/aromatic N) is 2. The molecule has 4 nitrogen and oxygen atoms in total. The van der Waals surface area contributed by atoms with Gasteiger partial charge in [-0.3, -0.25) is 0 Å². The number of ether oxygens (including phenoxy) is 1. The summed E-state index contributed by atoms with van der Waals surface area (Å²) in [5, 5.41) is 0.301. The normalized spacial score (nSPS) is 12.0. The van der Waals surface area contributed by atoms with Gasteiger partial charge in [-0.15, -0.1) is 0 Å². The number of hydrogen-bond acceptors (Lipinski definition) is 4. The van der Waals surface area contributed by atoms with Crippen LogP contribution in [0.15, 0.2) is 48.8 Å². The van der Waals surface area contributed by atoms with Crippen LogP contribution in [0, 0.1) is 5.82 Å². The average Bonchev–Trinajstić information content (AvgIpc) is 2.59. The number of halogens is 3. The second-order valence-electron chi connectivity index (χ2n) is 5.38. The van der Waals surface area contributed by atoms with Crippen molar-refractivity contribution in [2.75, 3.05) is 5.73 Å². The van der Waals surface area contributed by atoms with Gasteiger partial charge >= 0.3 is 0 Å². The SMILES string of the molecule is CC(Oc1cccc(-c2ncc(N)cn2)c1)c1c(Cl)ccc(F)c1Cl. The lowest BCUT2D eigenvalue weighted by atomic mass is 10.1. The van der Waals surface area contributed by atoms with Crippen molar-refractivity contribution in [3.8, 4) is 17.1 Å². The first kappa shape index (κ1) is 17.5. The minimum atomic E-state index is -0.543. The maximum atomic E-state index is 13.7. The van der Waals surface area contributed by atoms with E-state index in [9.17, 15) is 4.39 Å². The Balaban J connectivity index is 1.88. The first-order valence-electron chi connectivity index (χ1n) is 7.43. The molecule has 3 rings (SSSR count). The monoisotopic (exact) mass is 377 g/mol. The predicted octanol–water partition coefficient (Wildman–Crippen LogP) is 5.31. The van der Waals surface area contributed by atoms with Crippen molar-refractivity contribution in [3.63, 3.8) is 0 Å². The average molecular weight is 378 g/mol. The molecule has 0 saturated carbocycles. The molecule has 0 spiro atoms. The summed E-state index contributed by atoms with van der Waals surface area (Å²) in [7, 11) is 0. The van der Waals surface area contributed by atoms with Crippen LogP contribution in [0.25, 0.3) is 11.4 Å². The molecule has 0 aliphatic carbocycles. The third-order valence-corrected chi connectivity index (χ3v) is 4.28. The van der Waals surface area contributed by atoms with Gasteiger partial charge in [0.1, 0.15) is 17.7 Å². The first-order chi connectivity index (χ1) is 12.0. The fraction of sp³-hybridized carbons (Fsp3) is 0.111. The number of benzene rings is 2. The van der Waals surface area contributed by atoms with Crippen molar-refractivity contribution in [1.29, 1.82) is 0 Å². The van der Waals surface area contributed by atoms with Crippen LogP contribution in [0.2, 0.25) is 10.0 Å². The van der Waals surface area contributed by atoms with E-state index in [0.29, 0.717) is 27.8 Å². The van der Waals surface area contributed by atoms with Gasteiger partial charge in [-0.2, -0.15) is 0 Å². The third kappa shape index (κ3) is 3.83. The van der Waals surface area contributed by atoms with Crippen LogP contribution < -0.4 is 10.5 Å². The number of aromatic nitrogens is 2. The molecule has 3 aromatic rings. The van der Waals surface area contributed by atoms with E-state index in [2.05, 4.69) is 9.97 Å². The van der Waals surface area contributed by atoms with Crippen molar-refractivity contribution in [2.24, 2.45) is 0 Å². The molecule has 25 heavy (non-hydrogen) atoms. The molecule has 0 aliphatic heterocycles. The standard InChI is InChI=1S/C18H14Cl2FN3O/c1-10(16-14(19)5-6-15(21)17(16)20)25-13-4-2-3-11(7-13)18-23-8-12(22)9-24-18/h2-10H,22H2,1H3. The second-order valence-corrected chi connectivity index (χ2v) is 6.17. The molecule has 1 unspecified atom stereocenters. The van der Waals surface area contributed by atoms with Crippen molar-refractivity contribution < 1.29 is 9.13 Å². The van der Waals surface area contributed by atoms with Crippen LogP contribution in [-0.2, 0) is 0 Å². The van der Waals surface area contributed by atoms with Gasteiger partial charge < -0.3 is 10.5 Å². The Hall–Kier alpha value is -2.37. The van der Waals surface area contributed by atoms with Gasteiger partial charge in [0.2, 0.25) is 0 Å². The molecular formula is C18H14Cl2FN3O. The summed E-state index contributed by atoms with van der Waals surface area (Å²) in [5.74, 6) is 0.538. The number of nitrogen functional groups attached to an aromatic ring is 1. The van der Waals surface area contributed by atoms with E-state index >= 15 is 0 Å². The topological polar surface area (TPSA) is 61.0 Å². The van der Waals surface area contributed by atoms with Gasteiger partial charge in [0.15, 0.2) is 5.82 Å². The lowest BCUT2D eigenvalue weighted by Gasteiger charge is -2.18. The summed E-state index contributed by atoms with van der Waals surface area (Å²) in [6, 6.07) is 9.90. The van der Waals surface area contributed by atoms with Gasteiger partial charge in [0, 0.05) is 16.1 Å². The number of anilines is 1. The zero-order valence-electron chi connectivity index (χ0n) is 13.2. The molecular weight excluding hydrogens is 364 g/mol. The summed E-state index contributed by atoms with van der Waals surface area (Å²) in [6.07, 6.45) is 2.52. The highest BCUT2D eigenvalue weighted by molar-refractivity contribution is 6.36. The van der Waals surface area contributed by atoms with E-state index in [1.807, 2.05) is 12.1 Å². The summed E-state index contributed by atoms with van der Waals surface area (Å²) in [5.41, 5.74) is 7.25. The van der Waals surface area contributed by atoms with Gasteiger partial charge in [-0.1, -0.05) is 35.3 Å². The Kier molecular flexibility index (Phi) is 5.06. The molecule has 0 saturated heterocycles. The largest absolute Gasteiger partial charge is 0.486 e. The van der Waals surface area contributed by atoms with E-state index in [1.165, 1.54) is 24.5 Å². The molecule has 0 bridgehead atoms. The minimum absolute atomic E-state index is 0.0435. The summed E-state index contributed by atoms with van der Waals surface area (Å²) in [4.78, 5) is 8.37. The van der Waals surface area contributed by atoms with Crippen molar-refractivity contribution in [2.45, 2.75) is 13.0 Å².